The highest BCUT2D eigenvalue weighted by Gasteiger charge is 2.20. The minimum absolute atomic E-state index is 0.0113. The molecule has 0 rings (SSSR count). The zero-order chi connectivity index (χ0) is 47.9. The lowest BCUT2D eigenvalue weighted by atomic mass is 10.0. The molecule has 66 heavy (non-hydrogen) atoms. The van der Waals surface area contributed by atoms with Gasteiger partial charge in [-0.2, -0.15) is 0 Å². The van der Waals surface area contributed by atoms with Gasteiger partial charge in [0.15, 0.2) is 0 Å². The number of aliphatic hydroxyl groups excluding tert-OH is 2. The number of carbonyl (C=O) groups excluding carboxylic acids is 2. The fraction of sp³-hybridized carbons (Fsp3) is 0.967. The first-order valence-corrected chi connectivity index (χ1v) is 30.3. The van der Waals surface area contributed by atoms with Crippen LogP contribution >= 0.6 is 0 Å². The van der Waals surface area contributed by atoms with Gasteiger partial charge in [-0.3, -0.25) is 9.59 Å². The number of aliphatic hydroxyl groups is 2. The van der Waals surface area contributed by atoms with Crippen molar-refractivity contribution in [2.24, 2.45) is 0 Å². The molecule has 394 valence electrons. The van der Waals surface area contributed by atoms with Crippen molar-refractivity contribution in [2.45, 2.75) is 360 Å². The first-order valence-electron chi connectivity index (χ1n) is 30.3. The van der Waals surface area contributed by atoms with Crippen molar-refractivity contribution in [2.75, 3.05) is 13.2 Å². The lowest BCUT2D eigenvalue weighted by molar-refractivity contribution is -0.143. The van der Waals surface area contributed by atoms with Gasteiger partial charge in [0.2, 0.25) is 5.91 Å². The van der Waals surface area contributed by atoms with Gasteiger partial charge < -0.3 is 20.3 Å². The van der Waals surface area contributed by atoms with Crippen LogP contribution < -0.4 is 5.32 Å². The molecule has 0 radical (unpaired) electrons. The minimum atomic E-state index is -0.666. The molecule has 0 aliphatic rings. The largest absolute Gasteiger partial charge is 0.466 e. The van der Waals surface area contributed by atoms with E-state index in [1.807, 2.05) is 0 Å². The Morgan fingerprint density at radius 3 is 0.924 bits per heavy atom. The Morgan fingerprint density at radius 2 is 0.621 bits per heavy atom. The van der Waals surface area contributed by atoms with Gasteiger partial charge in [-0.05, 0) is 25.7 Å². The average molecular weight is 935 g/mol. The Kier molecular flexibility index (Phi) is 55.5. The highest BCUT2D eigenvalue weighted by Crippen LogP contribution is 2.18. The Hall–Kier alpha value is -1.14. The van der Waals surface area contributed by atoms with E-state index < -0.39 is 12.1 Å². The van der Waals surface area contributed by atoms with E-state index in [1.54, 1.807) is 0 Å². The van der Waals surface area contributed by atoms with Gasteiger partial charge in [0.25, 0.3) is 0 Å². The molecule has 0 spiro atoms. The number of rotatable bonds is 57. The molecule has 0 saturated carbocycles. The van der Waals surface area contributed by atoms with E-state index in [9.17, 15) is 19.8 Å². The van der Waals surface area contributed by atoms with Gasteiger partial charge in [0, 0.05) is 12.8 Å². The summed E-state index contributed by atoms with van der Waals surface area (Å²) < 4.78 is 5.49. The van der Waals surface area contributed by atoms with Crippen LogP contribution in [0.25, 0.3) is 0 Å². The Bertz CT molecular complexity index is 944. The van der Waals surface area contributed by atoms with Crippen LogP contribution in [0.2, 0.25) is 0 Å². The van der Waals surface area contributed by atoms with Crippen LogP contribution in [0.4, 0.5) is 0 Å². The molecule has 0 aromatic heterocycles. The molecule has 0 aliphatic heterocycles. The number of unbranched alkanes of at least 4 members (excludes halogenated alkanes) is 46. The molecule has 0 bridgehead atoms. The van der Waals surface area contributed by atoms with Crippen LogP contribution in [0.15, 0.2) is 0 Å². The molecular formula is C60H119NO5. The Morgan fingerprint density at radius 1 is 0.364 bits per heavy atom. The lowest BCUT2D eigenvalue weighted by Crippen LogP contribution is -2.45. The maximum absolute atomic E-state index is 12.5. The fourth-order valence-electron chi connectivity index (χ4n) is 9.76. The number of hydrogen-bond acceptors (Lipinski definition) is 5. The zero-order valence-electron chi connectivity index (χ0n) is 45.0. The molecule has 0 fully saturated rings. The second-order valence-corrected chi connectivity index (χ2v) is 21.1. The summed E-state index contributed by atoms with van der Waals surface area (Å²) in [6, 6.07) is -0.543. The van der Waals surface area contributed by atoms with Crippen molar-refractivity contribution < 1.29 is 24.5 Å². The van der Waals surface area contributed by atoms with Gasteiger partial charge >= 0.3 is 5.97 Å². The molecule has 6 heteroatoms. The monoisotopic (exact) mass is 934 g/mol. The van der Waals surface area contributed by atoms with Crippen molar-refractivity contribution >= 4 is 11.9 Å². The Balaban J connectivity index is 3.38. The molecule has 3 N–H and O–H groups in total. The normalized spacial score (nSPS) is 12.5. The van der Waals surface area contributed by atoms with E-state index in [4.69, 9.17) is 4.74 Å². The van der Waals surface area contributed by atoms with E-state index in [-0.39, 0.29) is 18.5 Å². The predicted molar refractivity (Wildman–Crippen MR) is 287 cm³/mol. The van der Waals surface area contributed by atoms with Crippen molar-refractivity contribution in [1.82, 2.24) is 5.32 Å². The highest BCUT2D eigenvalue weighted by molar-refractivity contribution is 5.76. The smallest absolute Gasteiger partial charge is 0.305 e. The molecule has 0 aliphatic carbocycles. The van der Waals surface area contributed by atoms with E-state index in [1.165, 1.54) is 276 Å². The summed E-state index contributed by atoms with van der Waals surface area (Å²) >= 11 is 0. The van der Waals surface area contributed by atoms with Gasteiger partial charge in [-0.25, -0.2) is 0 Å². The van der Waals surface area contributed by atoms with Crippen LogP contribution in [0.3, 0.4) is 0 Å². The second kappa shape index (κ2) is 56.4. The molecule has 0 saturated heterocycles. The van der Waals surface area contributed by atoms with Crippen LogP contribution in [-0.4, -0.2) is 47.4 Å². The molecule has 0 aromatic rings. The van der Waals surface area contributed by atoms with Gasteiger partial charge in [-0.1, -0.05) is 309 Å². The van der Waals surface area contributed by atoms with Gasteiger partial charge in [0.1, 0.15) is 0 Å². The quantitative estimate of drug-likeness (QED) is 0.0417. The van der Waals surface area contributed by atoms with E-state index >= 15 is 0 Å². The molecule has 0 heterocycles. The van der Waals surface area contributed by atoms with E-state index in [0.717, 1.165) is 38.5 Å². The summed E-state index contributed by atoms with van der Waals surface area (Å²) in [4.78, 5) is 24.5. The molecule has 0 aromatic carbocycles. The minimum Gasteiger partial charge on any atom is -0.466 e. The fourth-order valence-corrected chi connectivity index (χ4v) is 9.76. The van der Waals surface area contributed by atoms with Crippen LogP contribution in [0, 0.1) is 0 Å². The van der Waals surface area contributed by atoms with Crippen LogP contribution in [-0.2, 0) is 14.3 Å². The molecule has 2 atom stereocenters. The summed E-state index contributed by atoms with van der Waals surface area (Å²) in [7, 11) is 0. The molecule has 2 unspecified atom stereocenters. The number of hydrogen-bond donors (Lipinski definition) is 3. The van der Waals surface area contributed by atoms with Crippen molar-refractivity contribution in [3.63, 3.8) is 0 Å². The summed E-state index contributed by atoms with van der Waals surface area (Å²) in [6.07, 6.45) is 65.3. The van der Waals surface area contributed by atoms with Crippen molar-refractivity contribution in [3.8, 4) is 0 Å². The lowest BCUT2D eigenvalue weighted by Gasteiger charge is -2.22. The number of nitrogens with one attached hydrogen (secondary N) is 1. The third-order valence-corrected chi connectivity index (χ3v) is 14.4. The zero-order valence-corrected chi connectivity index (χ0v) is 45.0. The Labute approximate surface area is 413 Å². The SMILES string of the molecule is CCCCCCCCCCCCCCCCCCC(O)C(CO)NC(=O)CCCCCCCCCCCCCCCCCCCCOC(=O)CCCCCCCCCCCCCCCCC. The summed E-state index contributed by atoms with van der Waals surface area (Å²) in [5.41, 5.74) is 0. The van der Waals surface area contributed by atoms with E-state index in [0.29, 0.717) is 25.9 Å². The van der Waals surface area contributed by atoms with Crippen molar-refractivity contribution in [1.29, 1.82) is 0 Å². The number of esters is 1. The molecule has 6 nitrogen and oxygen atoms in total. The first-order chi connectivity index (χ1) is 32.5. The van der Waals surface area contributed by atoms with E-state index in [2.05, 4.69) is 19.2 Å². The highest BCUT2D eigenvalue weighted by atomic mass is 16.5. The summed E-state index contributed by atoms with van der Waals surface area (Å²) in [5, 5.41) is 23.3. The molecular weight excluding hydrogens is 815 g/mol. The van der Waals surface area contributed by atoms with Crippen LogP contribution in [0.5, 0.6) is 0 Å². The second-order valence-electron chi connectivity index (χ2n) is 21.1. The third kappa shape index (κ3) is 52.2. The number of ether oxygens (including phenoxy) is 1. The first kappa shape index (κ1) is 64.9. The van der Waals surface area contributed by atoms with Gasteiger partial charge in [0.05, 0.1) is 25.4 Å². The van der Waals surface area contributed by atoms with Crippen molar-refractivity contribution in [3.05, 3.63) is 0 Å². The predicted octanol–water partition coefficient (Wildman–Crippen LogP) is 18.7. The third-order valence-electron chi connectivity index (χ3n) is 14.4. The maximum atomic E-state index is 12.5. The number of carbonyl (C=O) groups is 2. The summed E-state index contributed by atoms with van der Waals surface area (Å²) in [6.45, 7) is 4.98. The average Bonchev–Trinajstić information content (AvgIpc) is 3.32. The summed E-state index contributed by atoms with van der Waals surface area (Å²) in [5.74, 6) is -0.0243. The topological polar surface area (TPSA) is 95.9 Å². The standard InChI is InChI=1S/C60H119NO5/c1-3-5-7-9-11-13-15-17-19-25-28-32-36-40-44-48-52-58(63)57(56-62)61-59(64)53-49-45-41-37-33-29-26-22-20-21-23-27-31-35-39-43-47-51-55-66-60(65)54-50-46-42-38-34-30-24-18-16-14-12-10-8-6-4-2/h57-58,62-63H,3-56H2,1-2H3,(H,61,64). The van der Waals surface area contributed by atoms with Crippen LogP contribution in [0.1, 0.15) is 348 Å². The van der Waals surface area contributed by atoms with Gasteiger partial charge in [-0.15, -0.1) is 0 Å². The number of amides is 1. The maximum Gasteiger partial charge on any atom is 0.305 e. The molecule has 1 amide bonds.